The van der Waals surface area contributed by atoms with E-state index in [2.05, 4.69) is 16.7 Å². The minimum atomic E-state index is 0.736. The van der Waals surface area contributed by atoms with Gasteiger partial charge in [0.15, 0.2) is 0 Å². The number of nitrogens with one attached hydrogen (secondary N) is 2. The fourth-order valence-electron chi connectivity index (χ4n) is 1.81. The highest BCUT2D eigenvalue weighted by atomic mass is 15.0. The summed E-state index contributed by atoms with van der Waals surface area (Å²) in [5, 5.41) is 15.8. The lowest BCUT2D eigenvalue weighted by molar-refractivity contribution is 0.659. The maximum atomic E-state index is 9.02. The summed E-state index contributed by atoms with van der Waals surface area (Å²) < 4.78 is 0. The number of rotatable bonds is 6. The summed E-state index contributed by atoms with van der Waals surface area (Å²) in [4.78, 5) is 0. The molecule has 0 saturated heterocycles. The van der Waals surface area contributed by atoms with E-state index >= 15 is 0 Å². The van der Waals surface area contributed by atoms with Crippen molar-refractivity contribution >= 4 is 5.69 Å². The highest BCUT2D eigenvalue weighted by Crippen LogP contribution is 2.18. The molecule has 0 spiro atoms. The first-order valence-electron chi connectivity index (χ1n) is 6.27. The van der Waals surface area contributed by atoms with Crippen LogP contribution in [0.25, 0.3) is 0 Å². The van der Waals surface area contributed by atoms with Gasteiger partial charge < -0.3 is 10.6 Å². The standard InChI is InChI=1S/C14H19N3/c1-11-3-6-14(12(9-11)10-15)17-8-2-7-16-13-4-5-13/h3,6,9,13,16-17H,2,4-5,7-8H2,1H3. The quantitative estimate of drug-likeness (QED) is 0.736. The Hall–Kier alpha value is -1.53. The van der Waals surface area contributed by atoms with Crippen molar-refractivity contribution in [3.05, 3.63) is 29.3 Å². The number of nitriles is 1. The second kappa shape index (κ2) is 5.70. The molecule has 3 nitrogen and oxygen atoms in total. The van der Waals surface area contributed by atoms with E-state index in [4.69, 9.17) is 5.26 Å². The van der Waals surface area contributed by atoms with Crippen LogP contribution in [-0.4, -0.2) is 19.1 Å². The zero-order valence-electron chi connectivity index (χ0n) is 10.3. The van der Waals surface area contributed by atoms with Gasteiger partial charge in [-0.2, -0.15) is 5.26 Å². The third kappa shape index (κ3) is 3.76. The fourth-order valence-corrected chi connectivity index (χ4v) is 1.81. The molecule has 0 unspecified atom stereocenters. The molecule has 1 aromatic carbocycles. The van der Waals surface area contributed by atoms with Crippen LogP contribution >= 0.6 is 0 Å². The third-order valence-corrected chi connectivity index (χ3v) is 2.97. The molecule has 2 N–H and O–H groups in total. The molecule has 0 radical (unpaired) electrons. The van der Waals surface area contributed by atoms with E-state index in [9.17, 15) is 0 Å². The molecular weight excluding hydrogens is 210 g/mol. The first-order valence-corrected chi connectivity index (χ1v) is 6.27. The van der Waals surface area contributed by atoms with Crippen molar-refractivity contribution in [3.63, 3.8) is 0 Å². The Balaban J connectivity index is 1.75. The van der Waals surface area contributed by atoms with Crippen molar-refractivity contribution in [2.24, 2.45) is 0 Å². The molecule has 2 rings (SSSR count). The van der Waals surface area contributed by atoms with Crippen LogP contribution in [0.2, 0.25) is 0 Å². The molecule has 1 aliphatic carbocycles. The monoisotopic (exact) mass is 229 g/mol. The van der Waals surface area contributed by atoms with Crippen molar-refractivity contribution < 1.29 is 0 Å². The lowest BCUT2D eigenvalue weighted by atomic mass is 10.1. The lowest BCUT2D eigenvalue weighted by Crippen LogP contribution is -2.20. The maximum absolute atomic E-state index is 9.02. The van der Waals surface area contributed by atoms with Gasteiger partial charge in [0.25, 0.3) is 0 Å². The topological polar surface area (TPSA) is 47.8 Å². The Morgan fingerprint density at radius 3 is 2.88 bits per heavy atom. The van der Waals surface area contributed by atoms with Gasteiger partial charge in [0.2, 0.25) is 0 Å². The van der Waals surface area contributed by atoms with Crippen molar-refractivity contribution in [1.29, 1.82) is 5.26 Å². The van der Waals surface area contributed by atoms with Gasteiger partial charge in [0, 0.05) is 12.6 Å². The summed E-state index contributed by atoms with van der Waals surface area (Å²) in [5.74, 6) is 0. The highest BCUT2D eigenvalue weighted by Gasteiger charge is 2.19. The number of hydrogen-bond donors (Lipinski definition) is 2. The Bertz CT molecular complexity index is 416. The van der Waals surface area contributed by atoms with Gasteiger partial charge in [-0.1, -0.05) is 6.07 Å². The number of anilines is 1. The summed E-state index contributed by atoms with van der Waals surface area (Å²) >= 11 is 0. The molecule has 1 fully saturated rings. The predicted octanol–water partition coefficient (Wildman–Crippen LogP) is 2.42. The summed E-state index contributed by atoms with van der Waals surface area (Å²) in [7, 11) is 0. The van der Waals surface area contributed by atoms with E-state index in [1.807, 2.05) is 25.1 Å². The summed E-state index contributed by atoms with van der Waals surface area (Å²) in [6.07, 6.45) is 3.77. The van der Waals surface area contributed by atoms with Crippen LogP contribution in [0.5, 0.6) is 0 Å². The van der Waals surface area contributed by atoms with Crippen molar-refractivity contribution in [3.8, 4) is 6.07 Å². The van der Waals surface area contributed by atoms with Crippen LogP contribution < -0.4 is 10.6 Å². The third-order valence-electron chi connectivity index (χ3n) is 2.97. The summed E-state index contributed by atoms with van der Waals surface area (Å²) in [5.41, 5.74) is 2.81. The molecule has 1 aromatic rings. The fraction of sp³-hybridized carbons (Fsp3) is 0.500. The van der Waals surface area contributed by atoms with E-state index in [-0.39, 0.29) is 0 Å². The molecule has 90 valence electrons. The van der Waals surface area contributed by atoms with Crippen molar-refractivity contribution in [2.75, 3.05) is 18.4 Å². The lowest BCUT2D eigenvalue weighted by Gasteiger charge is -2.09. The van der Waals surface area contributed by atoms with Gasteiger partial charge in [-0.25, -0.2) is 0 Å². The summed E-state index contributed by atoms with van der Waals surface area (Å²) in [6.45, 7) is 3.98. The van der Waals surface area contributed by atoms with Crippen LogP contribution in [0, 0.1) is 18.3 Å². The second-order valence-electron chi connectivity index (χ2n) is 4.67. The molecule has 1 aliphatic rings. The minimum Gasteiger partial charge on any atom is -0.384 e. The van der Waals surface area contributed by atoms with E-state index in [0.29, 0.717) is 0 Å². The van der Waals surface area contributed by atoms with Gasteiger partial charge >= 0.3 is 0 Å². The Labute approximate surface area is 103 Å². The van der Waals surface area contributed by atoms with E-state index < -0.39 is 0 Å². The number of aryl methyl sites for hydroxylation is 1. The number of hydrogen-bond acceptors (Lipinski definition) is 3. The predicted molar refractivity (Wildman–Crippen MR) is 70.0 cm³/mol. The van der Waals surface area contributed by atoms with Gasteiger partial charge in [-0.15, -0.1) is 0 Å². The second-order valence-corrected chi connectivity index (χ2v) is 4.67. The average Bonchev–Trinajstić information content (AvgIpc) is 3.14. The molecule has 0 amide bonds. The maximum Gasteiger partial charge on any atom is 0.101 e. The van der Waals surface area contributed by atoms with Crippen molar-refractivity contribution in [2.45, 2.75) is 32.2 Å². The largest absolute Gasteiger partial charge is 0.384 e. The Morgan fingerprint density at radius 1 is 1.35 bits per heavy atom. The summed E-state index contributed by atoms with van der Waals surface area (Å²) in [6, 6.07) is 8.95. The molecular formula is C14H19N3. The van der Waals surface area contributed by atoms with Crippen LogP contribution in [0.1, 0.15) is 30.4 Å². The number of nitrogens with zero attached hydrogens (tertiary/aromatic N) is 1. The van der Waals surface area contributed by atoms with Crippen LogP contribution in [0.3, 0.4) is 0 Å². The molecule has 1 saturated carbocycles. The van der Waals surface area contributed by atoms with Crippen LogP contribution in [-0.2, 0) is 0 Å². The van der Waals surface area contributed by atoms with E-state index in [0.717, 1.165) is 42.4 Å². The van der Waals surface area contributed by atoms with Gasteiger partial charge in [0.05, 0.1) is 11.3 Å². The molecule has 0 atom stereocenters. The smallest absolute Gasteiger partial charge is 0.101 e. The van der Waals surface area contributed by atoms with E-state index in [1.54, 1.807) is 0 Å². The van der Waals surface area contributed by atoms with Crippen molar-refractivity contribution in [1.82, 2.24) is 5.32 Å². The zero-order valence-corrected chi connectivity index (χ0v) is 10.3. The Kier molecular flexibility index (Phi) is 4.00. The first kappa shape index (κ1) is 11.9. The molecule has 17 heavy (non-hydrogen) atoms. The van der Waals surface area contributed by atoms with Gasteiger partial charge in [-0.3, -0.25) is 0 Å². The average molecular weight is 229 g/mol. The molecule has 0 aromatic heterocycles. The first-order chi connectivity index (χ1) is 8.29. The van der Waals surface area contributed by atoms with Crippen LogP contribution in [0.4, 0.5) is 5.69 Å². The molecule has 0 bridgehead atoms. The molecule has 0 heterocycles. The van der Waals surface area contributed by atoms with Gasteiger partial charge in [0.1, 0.15) is 6.07 Å². The number of benzene rings is 1. The normalized spacial score (nSPS) is 14.4. The SMILES string of the molecule is Cc1ccc(NCCCNC2CC2)c(C#N)c1. The zero-order chi connectivity index (χ0) is 12.1. The van der Waals surface area contributed by atoms with Crippen LogP contribution in [0.15, 0.2) is 18.2 Å². The van der Waals surface area contributed by atoms with Gasteiger partial charge in [-0.05, 0) is 50.4 Å². The highest BCUT2D eigenvalue weighted by molar-refractivity contribution is 5.58. The molecule has 0 aliphatic heterocycles. The Morgan fingerprint density at radius 2 is 2.18 bits per heavy atom. The minimum absolute atomic E-state index is 0.736. The van der Waals surface area contributed by atoms with E-state index in [1.165, 1.54) is 12.8 Å². The molecule has 3 heteroatoms.